The molecule has 0 unspecified atom stereocenters. The predicted octanol–water partition coefficient (Wildman–Crippen LogP) is 4.60. The first-order valence-corrected chi connectivity index (χ1v) is 12.1. The molecule has 1 aromatic heterocycles. The molecule has 0 aliphatic rings. The third-order valence-electron chi connectivity index (χ3n) is 5.73. The predicted molar refractivity (Wildman–Crippen MR) is 128 cm³/mol. The van der Waals surface area contributed by atoms with Gasteiger partial charge in [0.15, 0.2) is 11.5 Å². The Morgan fingerprint density at radius 3 is 2.21 bits per heavy atom. The van der Waals surface area contributed by atoms with Crippen LogP contribution >= 0.6 is 0 Å². The summed E-state index contributed by atoms with van der Waals surface area (Å²) in [5.74, 6) is 0.269. The van der Waals surface area contributed by atoms with E-state index in [1.807, 2.05) is 6.92 Å². The molecule has 4 aromatic rings. The molecule has 176 valence electrons. The van der Waals surface area contributed by atoms with Crippen molar-refractivity contribution in [3.63, 3.8) is 0 Å². The van der Waals surface area contributed by atoms with E-state index in [1.165, 1.54) is 50.7 Å². The molecule has 0 atom stereocenters. The Hall–Kier alpha value is -3.65. The number of methoxy groups -OCH3 is 2. The van der Waals surface area contributed by atoms with E-state index in [2.05, 4.69) is 0 Å². The van der Waals surface area contributed by atoms with Crippen molar-refractivity contribution in [1.29, 1.82) is 0 Å². The fourth-order valence-corrected chi connectivity index (χ4v) is 5.24. The zero-order chi connectivity index (χ0) is 24.5. The van der Waals surface area contributed by atoms with Crippen LogP contribution in [0.3, 0.4) is 0 Å². The number of benzene rings is 3. The van der Waals surface area contributed by atoms with Crippen molar-refractivity contribution in [2.75, 3.05) is 14.2 Å². The van der Waals surface area contributed by atoms with Gasteiger partial charge < -0.3 is 14.0 Å². The Labute approximate surface area is 197 Å². The highest BCUT2D eigenvalue weighted by Gasteiger charge is 2.25. The molecule has 0 saturated heterocycles. The highest BCUT2D eigenvalue weighted by molar-refractivity contribution is 7.91. The van der Waals surface area contributed by atoms with Crippen molar-refractivity contribution in [2.24, 2.45) is 0 Å². The van der Waals surface area contributed by atoms with Gasteiger partial charge in [-0.3, -0.25) is 4.79 Å². The quantitative estimate of drug-likeness (QED) is 0.386. The van der Waals surface area contributed by atoms with E-state index in [0.717, 1.165) is 12.0 Å². The van der Waals surface area contributed by atoms with Crippen LogP contribution in [0.1, 0.15) is 18.1 Å². The average Bonchev–Trinajstić information content (AvgIpc) is 2.84. The van der Waals surface area contributed by atoms with E-state index in [-0.39, 0.29) is 21.7 Å². The highest BCUT2D eigenvalue weighted by Crippen LogP contribution is 2.32. The maximum atomic E-state index is 13.8. The van der Waals surface area contributed by atoms with Crippen LogP contribution in [-0.4, -0.2) is 27.2 Å². The first kappa shape index (κ1) is 23.5. The zero-order valence-corrected chi connectivity index (χ0v) is 19.9. The standard InChI is InChI=1S/C26H24FNO5S/c1-4-17-8-10-20(11-9-17)34(30,31)25-16-28(15-18-6-5-7-19(27)12-18)22-14-24(33-3)23(32-2)13-21(22)26(25)29/h5-14,16H,4,15H2,1-3H3. The summed E-state index contributed by atoms with van der Waals surface area (Å²) in [7, 11) is -1.22. The van der Waals surface area contributed by atoms with Crippen LogP contribution in [0.5, 0.6) is 11.5 Å². The molecule has 0 saturated carbocycles. The lowest BCUT2D eigenvalue weighted by Gasteiger charge is -2.16. The van der Waals surface area contributed by atoms with E-state index < -0.39 is 21.1 Å². The molecule has 0 aliphatic carbocycles. The molecular formula is C26H24FNO5S. The summed E-state index contributed by atoms with van der Waals surface area (Å²) in [6.45, 7) is 2.11. The summed E-state index contributed by atoms with van der Waals surface area (Å²) >= 11 is 0. The van der Waals surface area contributed by atoms with Gasteiger partial charge in [-0.05, 0) is 47.9 Å². The smallest absolute Gasteiger partial charge is 0.211 e. The van der Waals surface area contributed by atoms with Gasteiger partial charge in [-0.1, -0.05) is 31.2 Å². The summed E-state index contributed by atoms with van der Waals surface area (Å²) in [6.07, 6.45) is 2.07. The maximum absolute atomic E-state index is 13.8. The molecule has 34 heavy (non-hydrogen) atoms. The number of fused-ring (bicyclic) bond motifs is 1. The number of sulfone groups is 1. The van der Waals surface area contributed by atoms with Gasteiger partial charge in [-0.2, -0.15) is 0 Å². The Kier molecular flexibility index (Phi) is 6.43. The Morgan fingerprint density at radius 1 is 0.912 bits per heavy atom. The minimum Gasteiger partial charge on any atom is -0.493 e. The minimum absolute atomic E-state index is 0.0268. The van der Waals surface area contributed by atoms with Crippen molar-refractivity contribution in [2.45, 2.75) is 29.7 Å². The summed E-state index contributed by atoms with van der Waals surface area (Å²) < 4.78 is 53.2. The lowest BCUT2D eigenvalue weighted by atomic mass is 10.1. The van der Waals surface area contributed by atoms with E-state index in [4.69, 9.17) is 9.47 Å². The molecule has 0 spiro atoms. The van der Waals surface area contributed by atoms with Crippen molar-refractivity contribution in [3.05, 3.63) is 94.0 Å². The minimum atomic E-state index is -4.12. The number of hydrogen-bond donors (Lipinski definition) is 0. The number of pyridine rings is 1. The molecule has 8 heteroatoms. The first-order chi connectivity index (χ1) is 16.3. The highest BCUT2D eigenvalue weighted by atomic mass is 32.2. The largest absolute Gasteiger partial charge is 0.493 e. The number of aryl methyl sites for hydroxylation is 1. The van der Waals surface area contributed by atoms with Crippen molar-refractivity contribution in [1.82, 2.24) is 4.57 Å². The summed E-state index contributed by atoms with van der Waals surface area (Å²) in [6, 6.07) is 15.5. The first-order valence-electron chi connectivity index (χ1n) is 10.7. The lowest BCUT2D eigenvalue weighted by molar-refractivity contribution is 0.355. The van der Waals surface area contributed by atoms with Gasteiger partial charge in [0.1, 0.15) is 10.7 Å². The Morgan fingerprint density at radius 2 is 1.59 bits per heavy atom. The average molecular weight is 482 g/mol. The number of ether oxygens (including phenoxy) is 2. The molecule has 0 radical (unpaired) electrons. The molecule has 0 N–H and O–H groups in total. The van der Waals surface area contributed by atoms with Gasteiger partial charge in [0.25, 0.3) is 0 Å². The molecule has 0 bridgehead atoms. The monoisotopic (exact) mass is 481 g/mol. The van der Waals surface area contributed by atoms with Gasteiger partial charge in [0.05, 0.1) is 30.0 Å². The van der Waals surface area contributed by atoms with E-state index >= 15 is 0 Å². The second-order valence-electron chi connectivity index (χ2n) is 7.81. The fraction of sp³-hybridized carbons (Fsp3) is 0.192. The molecular weight excluding hydrogens is 457 g/mol. The number of aromatic nitrogens is 1. The van der Waals surface area contributed by atoms with Gasteiger partial charge >= 0.3 is 0 Å². The second kappa shape index (κ2) is 9.30. The summed E-state index contributed by atoms with van der Waals surface area (Å²) in [4.78, 5) is 13.1. The normalized spacial score (nSPS) is 11.5. The van der Waals surface area contributed by atoms with Crippen LogP contribution in [0, 0.1) is 5.82 Å². The van der Waals surface area contributed by atoms with Crippen LogP contribution in [0.15, 0.2) is 81.4 Å². The molecule has 0 fully saturated rings. The Balaban J connectivity index is 2.00. The third-order valence-corrected chi connectivity index (χ3v) is 7.49. The van der Waals surface area contributed by atoms with Crippen LogP contribution in [-0.2, 0) is 22.8 Å². The van der Waals surface area contributed by atoms with E-state index in [1.54, 1.807) is 34.9 Å². The lowest BCUT2D eigenvalue weighted by Crippen LogP contribution is -2.20. The van der Waals surface area contributed by atoms with Crippen molar-refractivity contribution >= 4 is 20.7 Å². The van der Waals surface area contributed by atoms with Crippen LogP contribution in [0.4, 0.5) is 4.39 Å². The fourth-order valence-electron chi connectivity index (χ4n) is 3.88. The van der Waals surface area contributed by atoms with Gasteiger partial charge in [0, 0.05) is 18.8 Å². The number of hydrogen-bond acceptors (Lipinski definition) is 5. The third kappa shape index (κ3) is 4.28. The summed E-state index contributed by atoms with van der Waals surface area (Å²) in [5, 5.41) is 0.153. The van der Waals surface area contributed by atoms with Gasteiger partial charge in [-0.25, -0.2) is 12.8 Å². The van der Waals surface area contributed by atoms with E-state index in [9.17, 15) is 17.6 Å². The summed E-state index contributed by atoms with van der Waals surface area (Å²) in [5.41, 5.74) is 1.38. The van der Waals surface area contributed by atoms with Crippen LogP contribution < -0.4 is 14.9 Å². The topological polar surface area (TPSA) is 74.6 Å². The van der Waals surface area contributed by atoms with E-state index in [0.29, 0.717) is 22.6 Å². The number of nitrogens with zero attached hydrogens (tertiary/aromatic N) is 1. The van der Waals surface area contributed by atoms with Gasteiger partial charge in [-0.15, -0.1) is 0 Å². The maximum Gasteiger partial charge on any atom is 0.211 e. The molecule has 3 aromatic carbocycles. The molecule has 6 nitrogen and oxygen atoms in total. The SMILES string of the molecule is CCc1ccc(S(=O)(=O)c2cn(Cc3cccc(F)c3)c3cc(OC)c(OC)cc3c2=O)cc1. The molecule has 0 amide bonds. The van der Waals surface area contributed by atoms with Crippen LogP contribution in [0.25, 0.3) is 10.9 Å². The Bertz CT molecular complexity index is 1530. The zero-order valence-electron chi connectivity index (χ0n) is 19.0. The number of halogens is 1. The number of rotatable bonds is 7. The second-order valence-corrected chi connectivity index (χ2v) is 9.72. The van der Waals surface area contributed by atoms with Crippen molar-refractivity contribution < 1.29 is 22.3 Å². The van der Waals surface area contributed by atoms with Gasteiger partial charge in [0.2, 0.25) is 15.3 Å². The van der Waals surface area contributed by atoms with Crippen molar-refractivity contribution in [3.8, 4) is 11.5 Å². The van der Waals surface area contributed by atoms with Crippen LogP contribution in [0.2, 0.25) is 0 Å². The molecule has 0 aliphatic heterocycles. The molecule has 4 rings (SSSR count). The molecule has 1 heterocycles.